The third-order valence-electron chi connectivity index (χ3n) is 3.47. The van der Waals surface area contributed by atoms with Crippen LogP contribution in [0.1, 0.15) is 32.4 Å². The molecule has 1 amide bonds. The van der Waals surface area contributed by atoms with Crippen LogP contribution in [0.3, 0.4) is 0 Å². The lowest BCUT2D eigenvalue weighted by Gasteiger charge is -2.33. The number of carbonyl (C=O) groups is 1. The van der Waals surface area contributed by atoms with Crippen LogP contribution in [-0.4, -0.2) is 30.4 Å². The number of halogens is 2. The summed E-state index contributed by atoms with van der Waals surface area (Å²) in [6.07, 6.45) is 0. The third kappa shape index (κ3) is 3.62. The molecule has 1 N–H and O–H groups in total. The lowest BCUT2D eigenvalue weighted by Crippen LogP contribution is -2.52. The number of hydrogen-bond acceptors (Lipinski definition) is 2. The molecule has 1 atom stereocenters. The molecule has 1 aromatic carbocycles. The van der Waals surface area contributed by atoms with Gasteiger partial charge in [0.1, 0.15) is 0 Å². The van der Waals surface area contributed by atoms with E-state index in [1.165, 1.54) is 0 Å². The van der Waals surface area contributed by atoms with E-state index < -0.39 is 5.54 Å². The van der Waals surface area contributed by atoms with Crippen molar-refractivity contribution in [3.8, 4) is 0 Å². The van der Waals surface area contributed by atoms with Crippen LogP contribution in [0, 0.1) is 0 Å². The monoisotopic (exact) mass is 302 g/mol. The molecular weight excluding hydrogens is 283 g/mol. The van der Waals surface area contributed by atoms with Crippen LogP contribution in [-0.2, 0) is 4.79 Å². The Bertz CT molecular complexity index is 475. The van der Waals surface area contributed by atoms with E-state index in [4.69, 9.17) is 23.2 Å². The molecule has 0 aliphatic heterocycles. The topological polar surface area (TPSA) is 32.3 Å². The molecule has 5 heteroatoms. The van der Waals surface area contributed by atoms with Gasteiger partial charge in [0.2, 0.25) is 5.91 Å². The number of nitrogens with one attached hydrogen (secondary N) is 1. The summed E-state index contributed by atoms with van der Waals surface area (Å²) in [5.41, 5.74) is 0.274. The Kier molecular flexibility index (Phi) is 5.25. The number of carbonyl (C=O) groups excluding carboxylic acids is 1. The summed E-state index contributed by atoms with van der Waals surface area (Å²) in [6.45, 7) is 5.64. The van der Waals surface area contributed by atoms with Crippen LogP contribution in [0.15, 0.2) is 18.2 Å². The summed E-state index contributed by atoms with van der Waals surface area (Å²) < 4.78 is 0. The lowest BCUT2D eigenvalue weighted by molar-refractivity contribution is -0.137. The van der Waals surface area contributed by atoms with Crippen LogP contribution in [0.2, 0.25) is 10.0 Å². The highest BCUT2D eigenvalue weighted by atomic mass is 35.5. The molecule has 3 nitrogen and oxygen atoms in total. The first-order valence-corrected chi connectivity index (χ1v) is 6.87. The van der Waals surface area contributed by atoms with Gasteiger partial charge in [-0.2, -0.15) is 0 Å². The fraction of sp³-hybridized carbons (Fsp3) is 0.500. The zero-order chi connectivity index (χ0) is 14.8. The van der Waals surface area contributed by atoms with Crippen LogP contribution >= 0.6 is 23.2 Å². The minimum Gasteiger partial charge on any atom is -0.337 e. The van der Waals surface area contributed by atoms with Gasteiger partial charge < -0.3 is 10.2 Å². The van der Waals surface area contributed by atoms with Gasteiger partial charge in [0.25, 0.3) is 0 Å². The SMILES string of the molecule is CNC(C)(C)C(=O)N(C)C(C)c1ccc(Cl)cc1Cl. The molecule has 0 aliphatic carbocycles. The van der Waals surface area contributed by atoms with Crippen LogP contribution in [0.5, 0.6) is 0 Å². The van der Waals surface area contributed by atoms with Crippen molar-refractivity contribution in [3.63, 3.8) is 0 Å². The van der Waals surface area contributed by atoms with E-state index >= 15 is 0 Å². The van der Waals surface area contributed by atoms with Gasteiger partial charge >= 0.3 is 0 Å². The molecule has 0 aliphatic rings. The van der Waals surface area contributed by atoms with E-state index in [1.807, 2.05) is 26.8 Å². The minimum atomic E-state index is -0.609. The smallest absolute Gasteiger partial charge is 0.242 e. The van der Waals surface area contributed by atoms with Crippen LogP contribution < -0.4 is 5.32 Å². The van der Waals surface area contributed by atoms with Gasteiger partial charge in [0.05, 0.1) is 11.6 Å². The maximum absolute atomic E-state index is 12.4. The van der Waals surface area contributed by atoms with E-state index in [0.717, 1.165) is 5.56 Å². The fourth-order valence-electron chi connectivity index (χ4n) is 1.77. The van der Waals surface area contributed by atoms with Gasteiger partial charge in [-0.05, 0) is 45.5 Å². The minimum absolute atomic E-state index is 0.00789. The number of benzene rings is 1. The maximum Gasteiger partial charge on any atom is 0.242 e. The molecular formula is C14H20Cl2N2O. The summed E-state index contributed by atoms with van der Waals surface area (Å²) in [6, 6.07) is 5.20. The second-order valence-electron chi connectivity index (χ2n) is 5.13. The Hall–Kier alpha value is -0.770. The number of rotatable bonds is 4. The van der Waals surface area contributed by atoms with Crippen molar-refractivity contribution in [3.05, 3.63) is 33.8 Å². The van der Waals surface area contributed by atoms with E-state index in [-0.39, 0.29) is 11.9 Å². The van der Waals surface area contributed by atoms with Crippen molar-refractivity contribution in [1.82, 2.24) is 10.2 Å². The van der Waals surface area contributed by atoms with Crippen molar-refractivity contribution >= 4 is 29.1 Å². The lowest BCUT2D eigenvalue weighted by atomic mass is 10.0. The Morgan fingerprint density at radius 3 is 2.42 bits per heavy atom. The van der Waals surface area contributed by atoms with Crippen molar-refractivity contribution in [2.45, 2.75) is 32.4 Å². The second-order valence-corrected chi connectivity index (χ2v) is 5.98. The molecule has 19 heavy (non-hydrogen) atoms. The first-order chi connectivity index (χ1) is 8.70. The first-order valence-electron chi connectivity index (χ1n) is 6.12. The van der Waals surface area contributed by atoms with Gasteiger partial charge in [-0.1, -0.05) is 29.3 Å². The summed E-state index contributed by atoms with van der Waals surface area (Å²) in [4.78, 5) is 14.1. The first kappa shape index (κ1) is 16.3. The van der Waals surface area contributed by atoms with Crippen molar-refractivity contribution in [1.29, 1.82) is 0 Å². The van der Waals surface area contributed by atoms with E-state index in [1.54, 1.807) is 31.1 Å². The summed E-state index contributed by atoms with van der Waals surface area (Å²) in [5.74, 6) is 0.00789. The largest absolute Gasteiger partial charge is 0.337 e. The number of hydrogen-bond donors (Lipinski definition) is 1. The number of amides is 1. The van der Waals surface area contributed by atoms with Gasteiger partial charge in [-0.25, -0.2) is 0 Å². The van der Waals surface area contributed by atoms with Crippen molar-refractivity contribution in [2.75, 3.05) is 14.1 Å². The van der Waals surface area contributed by atoms with E-state index in [9.17, 15) is 4.79 Å². The molecule has 0 saturated heterocycles. The standard InChI is InChI=1S/C14H20Cl2N2O/c1-9(11-7-6-10(15)8-12(11)16)18(5)13(19)14(2,3)17-4/h6-9,17H,1-5H3. The average Bonchev–Trinajstić information content (AvgIpc) is 2.36. The highest BCUT2D eigenvalue weighted by Crippen LogP contribution is 2.30. The fourth-order valence-corrected chi connectivity index (χ4v) is 2.34. The maximum atomic E-state index is 12.4. The quantitative estimate of drug-likeness (QED) is 0.923. The van der Waals surface area contributed by atoms with E-state index in [2.05, 4.69) is 5.32 Å². The van der Waals surface area contributed by atoms with Gasteiger partial charge in [-0.15, -0.1) is 0 Å². The van der Waals surface area contributed by atoms with Gasteiger partial charge in [0, 0.05) is 17.1 Å². The predicted molar refractivity (Wildman–Crippen MR) is 80.8 cm³/mol. The molecule has 0 bridgehead atoms. The van der Waals surface area contributed by atoms with Crippen molar-refractivity contribution in [2.24, 2.45) is 0 Å². The second kappa shape index (κ2) is 6.12. The Morgan fingerprint density at radius 1 is 1.37 bits per heavy atom. The molecule has 0 fully saturated rings. The Labute approximate surface area is 124 Å². The number of nitrogens with zero attached hydrogens (tertiary/aromatic N) is 1. The van der Waals surface area contributed by atoms with E-state index in [0.29, 0.717) is 10.0 Å². The molecule has 106 valence electrons. The Balaban J connectivity index is 3.00. The molecule has 1 rings (SSSR count). The summed E-state index contributed by atoms with van der Waals surface area (Å²) in [5, 5.41) is 4.17. The van der Waals surface area contributed by atoms with Gasteiger partial charge in [-0.3, -0.25) is 4.79 Å². The average molecular weight is 303 g/mol. The van der Waals surface area contributed by atoms with Crippen LogP contribution in [0.4, 0.5) is 0 Å². The predicted octanol–water partition coefficient (Wildman–Crippen LogP) is 3.51. The Morgan fingerprint density at radius 2 is 1.95 bits per heavy atom. The molecule has 0 saturated carbocycles. The van der Waals surface area contributed by atoms with Gasteiger partial charge in [0.15, 0.2) is 0 Å². The summed E-state index contributed by atoms with van der Waals surface area (Å²) >= 11 is 12.1. The molecule has 0 radical (unpaired) electrons. The molecule has 1 aromatic rings. The highest BCUT2D eigenvalue weighted by molar-refractivity contribution is 6.35. The highest BCUT2D eigenvalue weighted by Gasteiger charge is 2.31. The molecule has 0 aromatic heterocycles. The third-order valence-corrected chi connectivity index (χ3v) is 4.04. The number of likely N-dealkylation sites (N-methyl/N-ethyl adjacent to an activating group) is 2. The zero-order valence-electron chi connectivity index (χ0n) is 11.9. The zero-order valence-corrected chi connectivity index (χ0v) is 13.4. The molecule has 1 unspecified atom stereocenters. The van der Waals surface area contributed by atoms with Crippen LogP contribution in [0.25, 0.3) is 0 Å². The normalized spacial score (nSPS) is 13.2. The molecule has 0 spiro atoms. The molecule has 0 heterocycles. The summed E-state index contributed by atoms with van der Waals surface area (Å²) in [7, 11) is 3.54. The van der Waals surface area contributed by atoms with Crippen molar-refractivity contribution < 1.29 is 4.79 Å².